The minimum absolute atomic E-state index is 0.0578. The van der Waals surface area contributed by atoms with Gasteiger partial charge in [-0.05, 0) is 12.8 Å². The van der Waals surface area contributed by atoms with Crippen molar-refractivity contribution in [2.24, 2.45) is 11.8 Å². The summed E-state index contributed by atoms with van der Waals surface area (Å²) in [5, 5.41) is 0. The standard InChI is InChI=1S/C8H16NO2/c1-5(7(3)9)6(2)8(10)11-4/h5-7,9H,1-4H3. The van der Waals surface area contributed by atoms with Gasteiger partial charge in [0.2, 0.25) is 0 Å². The average molecular weight is 158 g/mol. The smallest absolute Gasteiger partial charge is 0.308 e. The number of rotatable bonds is 3. The van der Waals surface area contributed by atoms with Crippen molar-refractivity contribution >= 4 is 5.97 Å². The molecular formula is C8H16NO2. The van der Waals surface area contributed by atoms with Crippen molar-refractivity contribution in [3.8, 4) is 0 Å². The van der Waals surface area contributed by atoms with Gasteiger partial charge in [0.1, 0.15) is 0 Å². The fourth-order valence-corrected chi connectivity index (χ4v) is 0.834. The van der Waals surface area contributed by atoms with Crippen LogP contribution in [0.25, 0.3) is 0 Å². The molecule has 3 atom stereocenters. The first-order chi connectivity index (χ1) is 5.00. The van der Waals surface area contributed by atoms with E-state index in [2.05, 4.69) is 4.74 Å². The molecule has 0 rings (SSSR count). The topological polar surface area (TPSA) is 50.1 Å². The van der Waals surface area contributed by atoms with Crippen LogP contribution < -0.4 is 5.73 Å². The van der Waals surface area contributed by atoms with Crippen molar-refractivity contribution in [2.75, 3.05) is 7.11 Å². The van der Waals surface area contributed by atoms with Gasteiger partial charge >= 0.3 is 5.97 Å². The number of methoxy groups -OCH3 is 1. The molecule has 11 heavy (non-hydrogen) atoms. The van der Waals surface area contributed by atoms with Crippen LogP contribution in [0, 0.1) is 11.8 Å². The molecule has 0 saturated heterocycles. The van der Waals surface area contributed by atoms with Gasteiger partial charge < -0.3 is 4.74 Å². The maximum atomic E-state index is 11.0. The van der Waals surface area contributed by atoms with Gasteiger partial charge in [0.15, 0.2) is 0 Å². The van der Waals surface area contributed by atoms with Gasteiger partial charge in [0.05, 0.1) is 13.0 Å². The van der Waals surface area contributed by atoms with Crippen LogP contribution in [0.15, 0.2) is 0 Å². The summed E-state index contributed by atoms with van der Waals surface area (Å²) in [5.41, 5.74) is 7.37. The molecule has 1 N–H and O–H groups in total. The van der Waals surface area contributed by atoms with Crippen LogP contribution in [0.5, 0.6) is 0 Å². The Morgan fingerprint density at radius 1 is 1.36 bits per heavy atom. The molecule has 3 unspecified atom stereocenters. The number of carbonyl (C=O) groups excluding carboxylic acids is 1. The van der Waals surface area contributed by atoms with Gasteiger partial charge in [-0.2, -0.15) is 0 Å². The van der Waals surface area contributed by atoms with Crippen molar-refractivity contribution in [2.45, 2.75) is 26.8 Å². The molecule has 0 aliphatic rings. The summed E-state index contributed by atoms with van der Waals surface area (Å²) in [5.74, 6) is -0.341. The number of carbonyl (C=O) groups is 1. The Labute approximate surface area is 67.9 Å². The summed E-state index contributed by atoms with van der Waals surface area (Å²) >= 11 is 0. The number of esters is 1. The van der Waals surface area contributed by atoms with E-state index >= 15 is 0 Å². The van der Waals surface area contributed by atoms with E-state index < -0.39 is 0 Å². The highest BCUT2D eigenvalue weighted by Gasteiger charge is 2.23. The lowest BCUT2D eigenvalue weighted by molar-refractivity contribution is -0.146. The molecule has 0 aromatic carbocycles. The first-order valence-corrected chi connectivity index (χ1v) is 3.79. The lowest BCUT2D eigenvalue weighted by atomic mass is 9.90. The quantitative estimate of drug-likeness (QED) is 0.577. The number of hydrogen-bond donors (Lipinski definition) is 0. The predicted molar refractivity (Wildman–Crippen MR) is 42.9 cm³/mol. The molecule has 0 amide bonds. The normalized spacial score (nSPS) is 18.6. The van der Waals surface area contributed by atoms with Crippen molar-refractivity contribution in [1.82, 2.24) is 5.73 Å². The number of ether oxygens (including phenoxy) is 1. The summed E-state index contributed by atoms with van der Waals surface area (Å²) in [6.07, 6.45) is 0. The van der Waals surface area contributed by atoms with Crippen LogP contribution in [-0.2, 0) is 9.53 Å². The third kappa shape index (κ3) is 2.89. The molecule has 3 heteroatoms. The first-order valence-electron chi connectivity index (χ1n) is 3.79. The van der Waals surface area contributed by atoms with E-state index in [0.717, 1.165) is 0 Å². The zero-order chi connectivity index (χ0) is 9.02. The summed E-state index contributed by atoms with van der Waals surface area (Å²) in [6, 6.07) is -0.218. The molecule has 0 aromatic rings. The Bertz CT molecular complexity index is 134. The van der Waals surface area contributed by atoms with Crippen LogP contribution in [0.3, 0.4) is 0 Å². The molecule has 0 saturated carbocycles. The molecule has 0 spiro atoms. The Morgan fingerprint density at radius 3 is 2.09 bits per heavy atom. The molecule has 0 aliphatic carbocycles. The summed E-state index contributed by atoms with van der Waals surface area (Å²) in [7, 11) is 1.38. The Balaban J connectivity index is 4.01. The highest BCUT2D eigenvalue weighted by Crippen LogP contribution is 2.15. The lowest BCUT2D eigenvalue weighted by Gasteiger charge is -2.19. The summed E-state index contributed by atoms with van der Waals surface area (Å²) < 4.78 is 4.56. The molecule has 3 nitrogen and oxygen atoms in total. The van der Waals surface area contributed by atoms with E-state index in [-0.39, 0.29) is 23.8 Å². The maximum absolute atomic E-state index is 11.0. The van der Waals surface area contributed by atoms with Crippen molar-refractivity contribution < 1.29 is 9.53 Å². The molecule has 0 bridgehead atoms. The second-order valence-corrected chi connectivity index (χ2v) is 2.96. The Morgan fingerprint density at radius 2 is 1.82 bits per heavy atom. The fourth-order valence-electron chi connectivity index (χ4n) is 0.834. The first kappa shape index (κ1) is 10.4. The van der Waals surface area contributed by atoms with E-state index in [1.807, 2.05) is 6.92 Å². The van der Waals surface area contributed by atoms with Gasteiger partial charge in [-0.25, -0.2) is 0 Å². The molecule has 0 heterocycles. The predicted octanol–water partition coefficient (Wildman–Crippen LogP) is 1.10. The van der Waals surface area contributed by atoms with Gasteiger partial charge in [-0.3, -0.25) is 10.5 Å². The monoisotopic (exact) mass is 158 g/mol. The molecule has 1 radical (unpaired) electrons. The zero-order valence-corrected chi connectivity index (χ0v) is 7.55. The largest absolute Gasteiger partial charge is 0.469 e. The second kappa shape index (κ2) is 4.34. The fraction of sp³-hybridized carbons (Fsp3) is 0.875. The van der Waals surface area contributed by atoms with Crippen molar-refractivity contribution in [1.29, 1.82) is 0 Å². The van der Waals surface area contributed by atoms with E-state index in [9.17, 15) is 4.79 Å². The molecule has 0 aliphatic heterocycles. The summed E-state index contributed by atoms with van der Waals surface area (Å²) in [6.45, 7) is 5.46. The van der Waals surface area contributed by atoms with Gasteiger partial charge in [0, 0.05) is 6.04 Å². The van der Waals surface area contributed by atoms with Gasteiger partial charge in [-0.1, -0.05) is 13.8 Å². The van der Waals surface area contributed by atoms with E-state index in [1.165, 1.54) is 7.11 Å². The SMILES string of the molecule is COC(=O)C(C)C(C)C(C)[NH]. The van der Waals surface area contributed by atoms with Crippen LogP contribution in [0.2, 0.25) is 0 Å². The second-order valence-electron chi connectivity index (χ2n) is 2.96. The van der Waals surface area contributed by atoms with Crippen LogP contribution in [0.1, 0.15) is 20.8 Å². The van der Waals surface area contributed by atoms with Gasteiger partial charge in [-0.15, -0.1) is 0 Å². The van der Waals surface area contributed by atoms with Crippen molar-refractivity contribution in [3.63, 3.8) is 0 Å². The highest BCUT2D eigenvalue weighted by atomic mass is 16.5. The summed E-state index contributed by atoms with van der Waals surface area (Å²) in [4.78, 5) is 11.0. The van der Waals surface area contributed by atoms with Crippen LogP contribution in [-0.4, -0.2) is 19.1 Å². The third-order valence-electron chi connectivity index (χ3n) is 2.15. The van der Waals surface area contributed by atoms with Crippen molar-refractivity contribution in [3.05, 3.63) is 0 Å². The van der Waals surface area contributed by atoms with E-state index in [1.54, 1.807) is 13.8 Å². The number of hydrogen-bond acceptors (Lipinski definition) is 2. The zero-order valence-electron chi connectivity index (χ0n) is 7.55. The van der Waals surface area contributed by atoms with E-state index in [0.29, 0.717) is 0 Å². The molecule has 0 aromatic heterocycles. The maximum Gasteiger partial charge on any atom is 0.308 e. The average Bonchev–Trinajstić information content (AvgIpc) is 2.00. The van der Waals surface area contributed by atoms with Gasteiger partial charge in [0.25, 0.3) is 0 Å². The van der Waals surface area contributed by atoms with E-state index in [4.69, 9.17) is 5.73 Å². The minimum atomic E-state index is -0.225. The molecule has 65 valence electrons. The number of nitrogens with one attached hydrogen (secondary N) is 1. The Kier molecular flexibility index (Phi) is 4.11. The highest BCUT2D eigenvalue weighted by molar-refractivity contribution is 5.72. The molecular weight excluding hydrogens is 142 g/mol. The third-order valence-corrected chi connectivity index (χ3v) is 2.15. The minimum Gasteiger partial charge on any atom is -0.469 e. The van der Waals surface area contributed by atoms with Crippen LogP contribution in [0.4, 0.5) is 0 Å². The molecule has 0 fully saturated rings. The van der Waals surface area contributed by atoms with Crippen LogP contribution >= 0.6 is 0 Å². The Hall–Kier alpha value is -0.570. The lowest BCUT2D eigenvalue weighted by Crippen LogP contribution is -2.28.